The molecule has 1 N–H and O–H groups in total. The van der Waals surface area contributed by atoms with Crippen LogP contribution < -0.4 is 0 Å². The molecule has 1 aliphatic carbocycles. The van der Waals surface area contributed by atoms with Crippen molar-refractivity contribution in [2.24, 2.45) is 11.3 Å². The smallest absolute Gasteiger partial charge is 0.328 e. The highest BCUT2D eigenvalue weighted by Gasteiger charge is 2.30. The normalized spacial score (nSPS) is 23.1. The van der Waals surface area contributed by atoms with Gasteiger partial charge in [0.15, 0.2) is 0 Å². The maximum atomic E-state index is 10.5. The van der Waals surface area contributed by atoms with Crippen molar-refractivity contribution in [3.8, 4) is 0 Å². The third kappa shape index (κ3) is 5.88. The van der Waals surface area contributed by atoms with E-state index in [2.05, 4.69) is 45.9 Å². The number of carboxylic acids is 1. The first-order valence-corrected chi connectivity index (χ1v) is 7.83. The van der Waals surface area contributed by atoms with Crippen LogP contribution in [0, 0.1) is 11.3 Å². The monoisotopic (exact) mass is 300 g/mol. The molecule has 1 atom stereocenters. The molecule has 2 heteroatoms. The summed E-state index contributed by atoms with van der Waals surface area (Å²) in [6.07, 6.45) is 16.1. The molecule has 0 spiro atoms. The van der Waals surface area contributed by atoms with Crippen LogP contribution in [-0.2, 0) is 4.79 Å². The average Bonchev–Trinajstić information content (AvgIpc) is 2.36. The van der Waals surface area contributed by atoms with Gasteiger partial charge in [0, 0.05) is 12.0 Å². The summed E-state index contributed by atoms with van der Waals surface area (Å²) >= 11 is 0. The molecule has 0 amide bonds. The van der Waals surface area contributed by atoms with Crippen molar-refractivity contribution in [1.29, 1.82) is 0 Å². The number of hydrogen-bond donors (Lipinski definition) is 1. The van der Waals surface area contributed by atoms with Crippen molar-refractivity contribution in [2.75, 3.05) is 0 Å². The van der Waals surface area contributed by atoms with E-state index >= 15 is 0 Å². The molecule has 0 saturated carbocycles. The fraction of sp³-hybridized carbons (Fsp3) is 0.450. The molecule has 1 unspecified atom stereocenters. The second-order valence-electron chi connectivity index (χ2n) is 6.81. The predicted molar refractivity (Wildman–Crippen MR) is 93.7 cm³/mol. The molecule has 0 fully saturated rings. The van der Waals surface area contributed by atoms with E-state index in [1.807, 2.05) is 12.2 Å². The molecular weight excluding hydrogens is 272 g/mol. The first-order valence-electron chi connectivity index (χ1n) is 7.83. The summed E-state index contributed by atoms with van der Waals surface area (Å²) in [7, 11) is 0. The quantitative estimate of drug-likeness (QED) is 0.416. The molecule has 1 rings (SSSR count). The van der Waals surface area contributed by atoms with Crippen LogP contribution in [0.2, 0.25) is 0 Å². The minimum absolute atomic E-state index is 0.312. The Kier molecular flexibility index (Phi) is 6.61. The Balaban J connectivity index is 2.75. The molecule has 0 aromatic rings. The molecule has 22 heavy (non-hydrogen) atoms. The van der Waals surface area contributed by atoms with Gasteiger partial charge in [-0.2, -0.15) is 0 Å². The van der Waals surface area contributed by atoms with Crippen molar-refractivity contribution in [1.82, 2.24) is 0 Å². The fourth-order valence-corrected chi connectivity index (χ4v) is 2.88. The van der Waals surface area contributed by atoms with Gasteiger partial charge >= 0.3 is 5.97 Å². The molecule has 0 aliphatic heterocycles. The van der Waals surface area contributed by atoms with Crippen molar-refractivity contribution in [3.63, 3.8) is 0 Å². The zero-order valence-electron chi connectivity index (χ0n) is 14.4. The van der Waals surface area contributed by atoms with Gasteiger partial charge in [-0.15, -0.1) is 0 Å². The van der Waals surface area contributed by atoms with Crippen molar-refractivity contribution < 1.29 is 9.90 Å². The van der Waals surface area contributed by atoms with Crippen molar-refractivity contribution in [2.45, 2.75) is 47.5 Å². The molecule has 0 aromatic heterocycles. The van der Waals surface area contributed by atoms with E-state index in [-0.39, 0.29) is 0 Å². The predicted octanol–water partition coefficient (Wildman–Crippen LogP) is 5.46. The van der Waals surface area contributed by atoms with Gasteiger partial charge in [0.2, 0.25) is 0 Å². The van der Waals surface area contributed by atoms with E-state index in [0.717, 1.165) is 11.1 Å². The molecule has 120 valence electrons. The Bertz CT molecular complexity index is 554. The van der Waals surface area contributed by atoms with E-state index in [0.29, 0.717) is 11.3 Å². The second kappa shape index (κ2) is 7.98. The lowest BCUT2D eigenvalue weighted by molar-refractivity contribution is -0.131. The lowest BCUT2D eigenvalue weighted by Crippen LogP contribution is -2.26. The molecule has 0 radical (unpaired) electrons. The van der Waals surface area contributed by atoms with E-state index in [4.69, 9.17) is 5.11 Å². The number of hydrogen-bond acceptors (Lipinski definition) is 1. The van der Waals surface area contributed by atoms with Gasteiger partial charge in [-0.25, -0.2) is 4.79 Å². The molecule has 1 aliphatic rings. The number of allylic oxidation sites excluding steroid dienone is 9. The van der Waals surface area contributed by atoms with Crippen LogP contribution in [-0.4, -0.2) is 11.1 Å². The summed E-state index contributed by atoms with van der Waals surface area (Å²) in [5.41, 5.74) is 3.66. The van der Waals surface area contributed by atoms with Crippen LogP contribution in [0.1, 0.15) is 47.5 Å². The Hall–Kier alpha value is -1.83. The second-order valence-corrected chi connectivity index (χ2v) is 6.81. The topological polar surface area (TPSA) is 37.3 Å². The maximum Gasteiger partial charge on any atom is 0.328 e. The third-order valence-electron chi connectivity index (χ3n) is 4.21. The number of aliphatic carboxylic acids is 1. The third-order valence-corrected chi connectivity index (χ3v) is 4.21. The van der Waals surface area contributed by atoms with E-state index < -0.39 is 5.97 Å². The first kappa shape index (κ1) is 18.2. The van der Waals surface area contributed by atoms with Crippen LogP contribution in [0.3, 0.4) is 0 Å². The molecule has 0 saturated heterocycles. The maximum absolute atomic E-state index is 10.5. The molecule has 0 heterocycles. The summed E-state index contributed by atoms with van der Waals surface area (Å²) < 4.78 is 0. The standard InChI is InChI=1S/C20H28O2/c1-15(8-6-9-16(2)14-19(21)22)11-12-18-17(3)10-7-13-20(18,4)5/h6,8-12,14,18H,7,13H2,1-5H3,(H,21,22). The largest absolute Gasteiger partial charge is 0.478 e. The average molecular weight is 300 g/mol. The molecule has 0 bridgehead atoms. The van der Waals surface area contributed by atoms with Crippen molar-refractivity contribution in [3.05, 3.63) is 59.3 Å². The summed E-state index contributed by atoms with van der Waals surface area (Å²) in [4.78, 5) is 10.5. The number of rotatable bonds is 5. The summed E-state index contributed by atoms with van der Waals surface area (Å²) in [6.45, 7) is 10.7. The lowest BCUT2D eigenvalue weighted by Gasteiger charge is -2.36. The van der Waals surface area contributed by atoms with Crippen LogP contribution in [0.25, 0.3) is 0 Å². The van der Waals surface area contributed by atoms with E-state index in [1.54, 1.807) is 13.0 Å². The van der Waals surface area contributed by atoms with Crippen LogP contribution in [0.15, 0.2) is 59.3 Å². The zero-order chi connectivity index (χ0) is 16.8. The van der Waals surface area contributed by atoms with Gasteiger partial charge < -0.3 is 5.11 Å². The van der Waals surface area contributed by atoms with Gasteiger partial charge in [-0.05, 0) is 44.6 Å². The minimum atomic E-state index is -0.912. The molecule has 2 nitrogen and oxygen atoms in total. The van der Waals surface area contributed by atoms with E-state index in [1.165, 1.54) is 24.5 Å². The summed E-state index contributed by atoms with van der Waals surface area (Å²) in [5, 5.41) is 8.65. The van der Waals surface area contributed by atoms with Gasteiger partial charge in [0.05, 0.1) is 0 Å². The highest BCUT2D eigenvalue weighted by atomic mass is 16.4. The van der Waals surface area contributed by atoms with Gasteiger partial charge in [0.25, 0.3) is 0 Å². The van der Waals surface area contributed by atoms with Gasteiger partial charge in [0.1, 0.15) is 0 Å². The van der Waals surface area contributed by atoms with Crippen LogP contribution in [0.4, 0.5) is 0 Å². The Morgan fingerprint density at radius 1 is 1.27 bits per heavy atom. The van der Waals surface area contributed by atoms with E-state index in [9.17, 15) is 4.79 Å². The van der Waals surface area contributed by atoms with Gasteiger partial charge in [-0.3, -0.25) is 0 Å². The Labute approximate surface area is 134 Å². The fourth-order valence-electron chi connectivity index (χ4n) is 2.88. The number of carbonyl (C=O) groups is 1. The summed E-state index contributed by atoms with van der Waals surface area (Å²) in [6, 6.07) is 0. The zero-order valence-corrected chi connectivity index (χ0v) is 14.4. The van der Waals surface area contributed by atoms with Crippen LogP contribution in [0.5, 0.6) is 0 Å². The highest BCUT2D eigenvalue weighted by Crippen LogP contribution is 2.41. The minimum Gasteiger partial charge on any atom is -0.478 e. The van der Waals surface area contributed by atoms with Crippen LogP contribution >= 0.6 is 0 Å². The number of carboxylic acid groups (broad SMARTS) is 1. The SMILES string of the molecule is CC(C=CC1C(C)=CCCC1(C)C)=CC=CC(C)=CC(=O)O. The Morgan fingerprint density at radius 3 is 2.55 bits per heavy atom. The Morgan fingerprint density at radius 2 is 1.95 bits per heavy atom. The lowest BCUT2D eigenvalue weighted by atomic mass is 9.68. The van der Waals surface area contributed by atoms with Crippen molar-refractivity contribution >= 4 is 5.97 Å². The highest BCUT2D eigenvalue weighted by molar-refractivity contribution is 5.81. The first-order chi connectivity index (χ1) is 10.2. The van der Waals surface area contributed by atoms with Gasteiger partial charge in [-0.1, -0.05) is 61.4 Å². The molecule has 0 aromatic carbocycles. The molecular formula is C20H28O2. The summed E-state index contributed by atoms with van der Waals surface area (Å²) in [5.74, 6) is -0.424.